The van der Waals surface area contributed by atoms with Crippen LogP contribution in [0.1, 0.15) is 22.7 Å². The molecule has 0 aromatic heterocycles. The van der Waals surface area contributed by atoms with Gasteiger partial charge in [0, 0.05) is 15.7 Å². The second-order valence-corrected chi connectivity index (χ2v) is 7.65. The van der Waals surface area contributed by atoms with E-state index in [9.17, 15) is 14.3 Å². The van der Waals surface area contributed by atoms with Crippen LogP contribution in [0.4, 0.5) is 10.1 Å². The molecule has 0 spiro atoms. The van der Waals surface area contributed by atoms with Crippen LogP contribution in [0.5, 0.6) is 0 Å². The van der Waals surface area contributed by atoms with Gasteiger partial charge >= 0.3 is 0 Å². The van der Waals surface area contributed by atoms with Gasteiger partial charge in [-0.05, 0) is 54.4 Å². The SMILES string of the molecule is Cc1ccc(C2=C(O)C(=O)N(c3ccc(F)cc3)[C@@H]2c2cccc(Br)c2)cc1. The molecular formula is C23H17BrFNO2. The van der Waals surface area contributed by atoms with E-state index in [1.54, 1.807) is 12.1 Å². The number of benzene rings is 3. The Morgan fingerprint density at radius 1 is 1.00 bits per heavy atom. The van der Waals surface area contributed by atoms with Crippen molar-refractivity contribution >= 4 is 33.1 Å². The lowest BCUT2D eigenvalue weighted by atomic mass is 9.93. The van der Waals surface area contributed by atoms with E-state index in [-0.39, 0.29) is 11.6 Å². The fourth-order valence-electron chi connectivity index (χ4n) is 3.49. The van der Waals surface area contributed by atoms with Gasteiger partial charge in [-0.25, -0.2) is 4.39 Å². The zero-order valence-electron chi connectivity index (χ0n) is 15.1. The van der Waals surface area contributed by atoms with E-state index in [1.807, 2.05) is 55.5 Å². The number of halogens is 2. The molecular weight excluding hydrogens is 421 g/mol. The molecule has 1 aliphatic rings. The second kappa shape index (κ2) is 7.24. The molecule has 0 saturated heterocycles. The van der Waals surface area contributed by atoms with Gasteiger partial charge in [-0.3, -0.25) is 9.69 Å². The molecule has 3 aromatic carbocycles. The minimum Gasteiger partial charge on any atom is -0.503 e. The molecule has 0 saturated carbocycles. The number of carbonyl (C=O) groups excluding carboxylic acids is 1. The fraction of sp³-hybridized carbons (Fsp3) is 0.0870. The summed E-state index contributed by atoms with van der Waals surface area (Å²) in [6.07, 6.45) is 0. The summed E-state index contributed by atoms with van der Waals surface area (Å²) in [6.45, 7) is 1.98. The van der Waals surface area contributed by atoms with E-state index >= 15 is 0 Å². The van der Waals surface area contributed by atoms with Crippen LogP contribution < -0.4 is 4.90 Å². The van der Waals surface area contributed by atoms with Crippen molar-refractivity contribution in [3.8, 4) is 0 Å². The fourth-order valence-corrected chi connectivity index (χ4v) is 3.91. The Hall–Kier alpha value is -2.92. The highest BCUT2D eigenvalue weighted by Gasteiger charge is 2.42. The van der Waals surface area contributed by atoms with E-state index in [0.29, 0.717) is 11.3 Å². The molecule has 0 aliphatic carbocycles. The Bertz CT molecular complexity index is 1070. The van der Waals surface area contributed by atoms with Crippen molar-refractivity contribution < 1.29 is 14.3 Å². The summed E-state index contributed by atoms with van der Waals surface area (Å²) in [5.74, 6) is -1.18. The quantitative estimate of drug-likeness (QED) is 0.549. The van der Waals surface area contributed by atoms with Gasteiger partial charge in [0.05, 0.1) is 6.04 Å². The highest BCUT2D eigenvalue weighted by atomic mass is 79.9. The first kappa shape index (κ1) is 18.4. The molecule has 0 radical (unpaired) electrons. The van der Waals surface area contributed by atoms with Crippen molar-refractivity contribution in [2.45, 2.75) is 13.0 Å². The standard InChI is InChI=1S/C23H17BrFNO2/c1-14-5-7-15(8-6-14)20-21(16-3-2-4-17(24)13-16)26(23(28)22(20)27)19-11-9-18(25)10-12-19/h2-13,21,27H,1H3/t21-/m1/s1. The maximum absolute atomic E-state index is 13.4. The first-order chi connectivity index (χ1) is 13.5. The van der Waals surface area contributed by atoms with Crippen LogP contribution in [0.25, 0.3) is 5.57 Å². The van der Waals surface area contributed by atoms with Crippen molar-refractivity contribution in [3.63, 3.8) is 0 Å². The van der Waals surface area contributed by atoms with E-state index in [0.717, 1.165) is 21.2 Å². The summed E-state index contributed by atoms with van der Waals surface area (Å²) in [7, 11) is 0. The van der Waals surface area contributed by atoms with Crippen molar-refractivity contribution in [2.24, 2.45) is 0 Å². The lowest BCUT2D eigenvalue weighted by molar-refractivity contribution is -0.117. The monoisotopic (exact) mass is 437 g/mol. The third kappa shape index (κ3) is 3.22. The minimum absolute atomic E-state index is 0.293. The Kier molecular flexibility index (Phi) is 4.77. The molecule has 1 aliphatic heterocycles. The Labute approximate surface area is 170 Å². The summed E-state index contributed by atoms with van der Waals surface area (Å²) < 4.78 is 14.3. The van der Waals surface area contributed by atoms with Gasteiger partial charge in [0.2, 0.25) is 0 Å². The Balaban J connectivity index is 1.91. The number of nitrogens with zero attached hydrogens (tertiary/aromatic N) is 1. The van der Waals surface area contributed by atoms with Gasteiger partial charge in [-0.15, -0.1) is 0 Å². The van der Waals surface area contributed by atoms with Crippen LogP contribution in [-0.2, 0) is 4.79 Å². The van der Waals surface area contributed by atoms with Gasteiger partial charge in [-0.2, -0.15) is 0 Å². The number of aryl methyl sites for hydroxylation is 1. The first-order valence-electron chi connectivity index (χ1n) is 8.80. The molecule has 3 aromatic rings. The Morgan fingerprint density at radius 2 is 1.68 bits per heavy atom. The average Bonchev–Trinajstić information content (AvgIpc) is 2.95. The molecule has 0 unspecified atom stereocenters. The third-order valence-electron chi connectivity index (χ3n) is 4.84. The van der Waals surface area contributed by atoms with Crippen LogP contribution >= 0.6 is 15.9 Å². The highest BCUT2D eigenvalue weighted by Crippen LogP contribution is 2.45. The number of carbonyl (C=O) groups is 1. The number of hydrogen-bond acceptors (Lipinski definition) is 2. The summed E-state index contributed by atoms with van der Waals surface area (Å²) in [6, 6.07) is 20.5. The van der Waals surface area contributed by atoms with Gasteiger partial charge in [-0.1, -0.05) is 57.9 Å². The van der Waals surface area contributed by atoms with Gasteiger partial charge in [0.15, 0.2) is 5.76 Å². The molecule has 0 bridgehead atoms. The third-order valence-corrected chi connectivity index (χ3v) is 5.33. The number of aliphatic hydroxyl groups is 1. The number of anilines is 1. The van der Waals surface area contributed by atoms with Crippen molar-refractivity contribution in [3.05, 3.63) is 106 Å². The molecule has 1 amide bonds. The second-order valence-electron chi connectivity index (χ2n) is 6.74. The van der Waals surface area contributed by atoms with Crippen LogP contribution in [0, 0.1) is 12.7 Å². The average molecular weight is 438 g/mol. The van der Waals surface area contributed by atoms with Gasteiger partial charge in [0.1, 0.15) is 5.82 Å². The molecule has 3 nitrogen and oxygen atoms in total. The van der Waals surface area contributed by atoms with Crippen LogP contribution in [-0.4, -0.2) is 11.0 Å². The van der Waals surface area contributed by atoms with Crippen molar-refractivity contribution in [1.29, 1.82) is 0 Å². The van der Waals surface area contributed by atoms with Crippen LogP contribution in [0.15, 0.2) is 83.0 Å². The van der Waals surface area contributed by atoms with Crippen LogP contribution in [0.3, 0.4) is 0 Å². The molecule has 0 fully saturated rings. The van der Waals surface area contributed by atoms with Crippen LogP contribution in [0.2, 0.25) is 0 Å². The molecule has 1 atom stereocenters. The summed E-state index contributed by atoms with van der Waals surface area (Å²) in [5, 5.41) is 10.8. The molecule has 1 N–H and O–H groups in total. The highest BCUT2D eigenvalue weighted by molar-refractivity contribution is 9.10. The zero-order chi connectivity index (χ0) is 19.8. The summed E-state index contributed by atoms with van der Waals surface area (Å²) in [5.41, 5.74) is 3.75. The molecule has 28 heavy (non-hydrogen) atoms. The minimum atomic E-state index is -0.529. The number of hydrogen-bond donors (Lipinski definition) is 1. The Morgan fingerprint density at radius 3 is 2.32 bits per heavy atom. The normalized spacial score (nSPS) is 16.8. The lowest BCUT2D eigenvalue weighted by Gasteiger charge is -2.27. The zero-order valence-corrected chi connectivity index (χ0v) is 16.7. The van der Waals surface area contributed by atoms with Crippen molar-refractivity contribution in [1.82, 2.24) is 0 Å². The van der Waals surface area contributed by atoms with E-state index in [1.165, 1.54) is 17.0 Å². The number of aliphatic hydroxyl groups excluding tert-OH is 1. The van der Waals surface area contributed by atoms with E-state index < -0.39 is 11.9 Å². The topological polar surface area (TPSA) is 40.5 Å². The molecule has 140 valence electrons. The summed E-state index contributed by atoms with van der Waals surface area (Å²) >= 11 is 3.48. The maximum atomic E-state index is 13.4. The van der Waals surface area contributed by atoms with Gasteiger partial charge in [0.25, 0.3) is 5.91 Å². The predicted molar refractivity (Wildman–Crippen MR) is 111 cm³/mol. The van der Waals surface area contributed by atoms with Crippen molar-refractivity contribution in [2.75, 3.05) is 4.90 Å². The van der Waals surface area contributed by atoms with Gasteiger partial charge < -0.3 is 5.11 Å². The summed E-state index contributed by atoms with van der Waals surface area (Å²) in [4.78, 5) is 14.5. The number of rotatable bonds is 3. The lowest BCUT2D eigenvalue weighted by Crippen LogP contribution is -2.30. The predicted octanol–water partition coefficient (Wildman–Crippen LogP) is 5.95. The van der Waals surface area contributed by atoms with E-state index in [2.05, 4.69) is 15.9 Å². The molecule has 5 heteroatoms. The maximum Gasteiger partial charge on any atom is 0.294 e. The molecule has 4 rings (SSSR count). The number of amides is 1. The van der Waals surface area contributed by atoms with E-state index in [4.69, 9.17) is 0 Å². The smallest absolute Gasteiger partial charge is 0.294 e. The first-order valence-corrected chi connectivity index (χ1v) is 9.60. The molecule has 1 heterocycles. The largest absolute Gasteiger partial charge is 0.503 e.